The summed E-state index contributed by atoms with van der Waals surface area (Å²) in [4.78, 5) is 0.0287. The van der Waals surface area contributed by atoms with E-state index in [0.717, 1.165) is 6.07 Å². The Morgan fingerprint density at radius 1 is 1.50 bits per heavy atom. The first kappa shape index (κ1) is 15.4. The molecule has 2 rings (SSSR count). The predicted molar refractivity (Wildman–Crippen MR) is 73.3 cm³/mol. The average Bonchev–Trinajstić information content (AvgIpc) is 2.41. The molecule has 1 atom stereocenters. The van der Waals surface area contributed by atoms with Crippen molar-refractivity contribution in [1.29, 1.82) is 0 Å². The summed E-state index contributed by atoms with van der Waals surface area (Å²) in [6.07, 6.45) is -0.153. The first-order valence-electron chi connectivity index (χ1n) is 6.50. The zero-order valence-corrected chi connectivity index (χ0v) is 12.4. The van der Waals surface area contributed by atoms with Crippen molar-refractivity contribution < 1.29 is 17.5 Å². The third kappa shape index (κ3) is 3.17. The lowest BCUT2D eigenvalue weighted by molar-refractivity contribution is 0.0101. The molecule has 1 aliphatic rings. The number of benzene rings is 1. The third-order valence-electron chi connectivity index (χ3n) is 3.22. The highest BCUT2D eigenvalue weighted by Crippen LogP contribution is 2.23. The van der Waals surface area contributed by atoms with Crippen LogP contribution in [0.15, 0.2) is 23.1 Å². The van der Waals surface area contributed by atoms with Crippen molar-refractivity contribution in [3.63, 3.8) is 0 Å². The van der Waals surface area contributed by atoms with E-state index in [9.17, 15) is 12.8 Å². The van der Waals surface area contributed by atoms with Crippen LogP contribution in [0.5, 0.6) is 0 Å². The standard InChI is InChI=1S/C13H19FN2O3S/c1-10-9-16(5-6-19-10)20(17,18)13-7-12(14)4-3-11(13)8-15-2/h3-4,7,10,15H,5-6,8-9H2,1-2H3. The second-order valence-corrected chi connectivity index (χ2v) is 6.73. The van der Waals surface area contributed by atoms with Crippen LogP contribution < -0.4 is 5.32 Å². The van der Waals surface area contributed by atoms with Crippen LogP contribution in [0.3, 0.4) is 0 Å². The number of hydrogen-bond acceptors (Lipinski definition) is 4. The molecule has 20 heavy (non-hydrogen) atoms. The predicted octanol–water partition coefficient (Wildman–Crippen LogP) is 0.954. The van der Waals surface area contributed by atoms with Gasteiger partial charge in [0, 0.05) is 19.6 Å². The van der Waals surface area contributed by atoms with E-state index >= 15 is 0 Å². The lowest BCUT2D eigenvalue weighted by Gasteiger charge is -2.30. The summed E-state index contributed by atoms with van der Waals surface area (Å²) in [7, 11) is -1.98. The molecule has 112 valence electrons. The summed E-state index contributed by atoms with van der Waals surface area (Å²) in [6.45, 7) is 3.13. The SMILES string of the molecule is CNCc1ccc(F)cc1S(=O)(=O)N1CCOC(C)C1. The van der Waals surface area contributed by atoms with Crippen molar-refractivity contribution in [3.8, 4) is 0 Å². The Labute approximate surface area is 118 Å². The number of ether oxygens (including phenoxy) is 1. The number of morpholine rings is 1. The molecule has 5 nitrogen and oxygen atoms in total. The van der Waals surface area contributed by atoms with Crippen LogP contribution in [0.1, 0.15) is 12.5 Å². The van der Waals surface area contributed by atoms with E-state index in [2.05, 4.69) is 5.32 Å². The lowest BCUT2D eigenvalue weighted by Crippen LogP contribution is -2.44. The van der Waals surface area contributed by atoms with Crippen LogP contribution in [0.25, 0.3) is 0 Å². The zero-order valence-electron chi connectivity index (χ0n) is 11.6. The molecule has 1 saturated heterocycles. The number of halogens is 1. The molecule has 1 fully saturated rings. The van der Waals surface area contributed by atoms with E-state index in [-0.39, 0.29) is 17.5 Å². The van der Waals surface area contributed by atoms with Gasteiger partial charge >= 0.3 is 0 Å². The maximum Gasteiger partial charge on any atom is 0.243 e. The highest BCUT2D eigenvalue weighted by molar-refractivity contribution is 7.89. The highest BCUT2D eigenvalue weighted by Gasteiger charge is 2.31. The molecule has 0 aromatic heterocycles. The molecule has 1 aliphatic heterocycles. The van der Waals surface area contributed by atoms with E-state index in [1.807, 2.05) is 6.92 Å². The summed E-state index contributed by atoms with van der Waals surface area (Å²) in [5.74, 6) is -0.551. The molecule has 7 heteroatoms. The fourth-order valence-electron chi connectivity index (χ4n) is 2.25. The first-order chi connectivity index (χ1) is 9.45. The fourth-order valence-corrected chi connectivity index (χ4v) is 3.98. The molecule has 0 saturated carbocycles. The van der Waals surface area contributed by atoms with E-state index in [0.29, 0.717) is 25.3 Å². The van der Waals surface area contributed by atoms with E-state index in [4.69, 9.17) is 4.74 Å². The molecule has 1 heterocycles. The quantitative estimate of drug-likeness (QED) is 0.900. The van der Waals surface area contributed by atoms with Crippen LogP contribution in [0, 0.1) is 5.82 Å². The normalized spacial score (nSPS) is 21.1. The van der Waals surface area contributed by atoms with Crippen LogP contribution in [0.4, 0.5) is 4.39 Å². The van der Waals surface area contributed by atoms with E-state index < -0.39 is 15.8 Å². The summed E-state index contributed by atoms with van der Waals surface area (Å²) in [6, 6.07) is 3.86. The molecule has 0 spiro atoms. The minimum absolute atomic E-state index is 0.0287. The lowest BCUT2D eigenvalue weighted by atomic mass is 10.2. The molecule has 1 aromatic carbocycles. The summed E-state index contributed by atoms with van der Waals surface area (Å²) >= 11 is 0. The Morgan fingerprint density at radius 2 is 2.25 bits per heavy atom. The number of rotatable bonds is 4. The Balaban J connectivity index is 2.40. The molecule has 1 unspecified atom stereocenters. The highest BCUT2D eigenvalue weighted by atomic mass is 32.2. The van der Waals surface area contributed by atoms with Crippen molar-refractivity contribution >= 4 is 10.0 Å². The van der Waals surface area contributed by atoms with Crippen molar-refractivity contribution in [3.05, 3.63) is 29.6 Å². The summed E-state index contributed by atoms with van der Waals surface area (Å²) < 4.78 is 45.5. The third-order valence-corrected chi connectivity index (χ3v) is 5.17. The van der Waals surface area contributed by atoms with Gasteiger partial charge in [0.15, 0.2) is 0 Å². The van der Waals surface area contributed by atoms with Gasteiger partial charge in [0.25, 0.3) is 0 Å². The molecule has 0 bridgehead atoms. The van der Waals surface area contributed by atoms with Crippen LogP contribution >= 0.6 is 0 Å². The van der Waals surface area contributed by atoms with Crippen LogP contribution in [-0.2, 0) is 21.3 Å². The second-order valence-electron chi connectivity index (χ2n) is 4.83. The molecule has 0 radical (unpaired) electrons. The van der Waals surface area contributed by atoms with Gasteiger partial charge in [0.2, 0.25) is 10.0 Å². The molecular weight excluding hydrogens is 283 g/mol. The minimum Gasteiger partial charge on any atom is -0.376 e. The van der Waals surface area contributed by atoms with Gasteiger partial charge in [-0.1, -0.05) is 6.07 Å². The number of hydrogen-bond donors (Lipinski definition) is 1. The van der Waals surface area contributed by atoms with Gasteiger partial charge < -0.3 is 10.1 Å². The van der Waals surface area contributed by atoms with Gasteiger partial charge in [-0.25, -0.2) is 12.8 Å². The molecular formula is C13H19FN2O3S. The Bertz CT molecular complexity index is 577. The summed E-state index contributed by atoms with van der Waals surface area (Å²) in [5, 5.41) is 2.90. The van der Waals surface area contributed by atoms with Gasteiger partial charge in [-0.15, -0.1) is 0 Å². The van der Waals surface area contributed by atoms with Crippen molar-refractivity contribution in [2.75, 3.05) is 26.7 Å². The van der Waals surface area contributed by atoms with E-state index in [1.165, 1.54) is 16.4 Å². The second kappa shape index (κ2) is 6.17. The Kier molecular flexibility index (Phi) is 4.74. The zero-order chi connectivity index (χ0) is 14.8. The molecule has 0 aliphatic carbocycles. The van der Waals surface area contributed by atoms with Gasteiger partial charge in [-0.3, -0.25) is 0 Å². The topological polar surface area (TPSA) is 58.6 Å². The monoisotopic (exact) mass is 302 g/mol. The van der Waals surface area contributed by atoms with E-state index in [1.54, 1.807) is 7.05 Å². The number of nitrogens with zero attached hydrogens (tertiary/aromatic N) is 1. The molecule has 0 amide bonds. The van der Waals surface area contributed by atoms with Gasteiger partial charge in [-0.2, -0.15) is 4.31 Å². The average molecular weight is 302 g/mol. The van der Waals surface area contributed by atoms with Crippen LogP contribution in [0.2, 0.25) is 0 Å². The van der Waals surface area contributed by atoms with Gasteiger partial charge in [0.05, 0.1) is 17.6 Å². The Hall–Kier alpha value is -1.02. The largest absolute Gasteiger partial charge is 0.376 e. The summed E-state index contributed by atoms with van der Waals surface area (Å²) in [5.41, 5.74) is 0.563. The fraction of sp³-hybridized carbons (Fsp3) is 0.538. The van der Waals surface area contributed by atoms with Crippen molar-refractivity contribution in [2.45, 2.75) is 24.5 Å². The molecule has 1 aromatic rings. The Morgan fingerprint density at radius 3 is 2.90 bits per heavy atom. The number of sulfonamides is 1. The van der Waals surface area contributed by atoms with Gasteiger partial charge in [0.1, 0.15) is 5.82 Å². The van der Waals surface area contributed by atoms with Crippen LogP contribution in [-0.4, -0.2) is 45.6 Å². The number of nitrogens with one attached hydrogen (secondary N) is 1. The smallest absolute Gasteiger partial charge is 0.243 e. The van der Waals surface area contributed by atoms with Crippen molar-refractivity contribution in [1.82, 2.24) is 9.62 Å². The van der Waals surface area contributed by atoms with Crippen molar-refractivity contribution in [2.24, 2.45) is 0 Å². The molecule has 1 N–H and O–H groups in total. The maximum absolute atomic E-state index is 13.4. The van der Waals surface area contributed by atoms with Gasteiger partial charge in [-0.05, 0) is 31.7 Å². The first-order valence-corrected chi connectivity index (χ1v) is 7.94. The minimum atomic E-state index is -3.70. The maximum atomic E-state index is 13.4.